The highest BCUT2D eigenvalue weighted by Crippen LogP contribution is 2.11. The van der Waals surface area contributed by atoms with Gasteiger partial charge in [0.2, 0.25) is 0 Å². The minimum atomic E-state index is 0.640. The average Bonchev–Trinajstić information content (AvgIpc) is 2.77. The lowest BCUT2D eigenvalue weighted by molar-refractivity contribution is 0.399. The number of nitrogens with one attached hydrogen (secondary N) is 2. The summed E-state index contributed by atoms with van der Waals surface area (Å²) >= 11 is 1.70. The van der Waals surface area contributed by atoms with Gasteiger partial charge in [0, 0.05) is 24.2 Å². The van der Waals surface area contributed by atoms with Crippen molar-refractivity contribution in [1.82, 2.24) is 20.5 Å². The molecule has 0 spiro atoms. The molecule has 6 heteroatoms. The SMILES string of the molecule is CCNC(=NCc1ncc(C)s1)NCCCN(C)C. The summed E-state index contributed by atoms with van der Waals surface area (Å²) in [6.45, 7) is 7.66. The molecule has 1 aromatic rings. The highest BCUT2D eigenvalue weighted by atomic mass is 32.1. The molecular weight excluding hydrogens is 258 g/mol. The van der Waals surface area contributed by atoms with Crippen molar-refractivity contribution in [3.63, 3.8) is 0 Å². The Kier molecular flexibility index (Phi) is 7.43. The van der Waals surface area contributed by atoms with Gasteiger partial charge in [-0.15, -0.1) is 11.3 Å². The number of guanidine groups is 1. The van der Waals surface area contributed by atoms with E-state index in [-0.39, 0.29) is 0 Å². The van der Waals surface area contributed by atoms with E-state index in [0.717, 1.165) is 37.0 Å². The van der Waals surface area contributed by atoms with Gasteiger partial charge in [0.25, 0.3) is 0 Å². The van der Waals surface area contributed by atoms with E-state index in [2.05, 4.69) is 53.5 Å². The van der Waals surface area contributed by atoms with Crippen LogP contribution in [0.4, 0.5) is 0 Å². The van der Waals surface area contributed by atoms with Crippen molar-refractivity contribution in [2.24, 2.45) is 4.99 Å². The highest BCUT2D eigenvalue weighted by Gasteiger charge is 2.00. The highest BCUT2D eigenvalue weighted by molar-refractivity contribution is 7.11. The topological polar surface area (TPSA) is 52.6 Å². The van der Waals surface area contributed by atoms with Crippen LogP contribution in [0.2, 0.25) is 0 Å². The normalized spacial score (nSPS) is 11.9. The molecule has 1 aromatic heterocycles. The summed E-state index contributed by atoms with van der Waals surface area (Å²) in [7, 11) is 4.17. The summed E-state index contributed by atoms with van der Waals surface area (Å²) < 4.78 is 0. The van der Waals surface area contributed by atoms with E-state index < -0.39 is 0 Å². The van der Waals surface area contributed by atoms with Gasteiger partial charge in [-0.25, -0.2) is 9.98 Å². The van der Waals surface area contributed by atoms with Gasteiger partial charge in [-0.3, -0.25) is 0 Å². The van der Waals surface area contributed by atoms with Crippen LogP contribution in [-0.4, -0.2) is 49.6 Å². The lowest BCUT2D eigenvalue weighted by Gasteiger charge is -2.13. The second-order valence-electron chi connectivity index (χ2n) is 4.64. The van der Waals surface area contributed by atoms with Crippen molar-refractivity contribution in [3.05, 3.63) is 16.1 Å². The second-order valence-corrected chi connectivity index (χ2v) is 5.96. The van der Waals surface area contributed by atoms with E-state index in [9.17, 15) is 0 Å². The summed E-state index contributed by atoms with van der Waals surface area (Å²) in [6, 6.07) is 0. The number of nitrogens with zero attached hydrogens (tertiary/aromatic N) is 3. The van der Waals surface area contributed by atoms with Crippen LogP contribution >= 0.6 is 11.3 Å². The van der Waals surface area contributed by atoms with Crippen LogP contribution in [0.25, 0.3) is 0 Å². The van der Waals surface area contributed by atoms with E-state index in [4.69, 9.17) is 0 Å². The summed E-state index contributed by atoms with van der Waals surface area (Å²) in [6.07, 6.45) is 3.00. The molecule has 0 bridgehead atoms. The molecule has 0 atom stereocenters. The summed E-state index contributed by atoms with van der Waals surface area (Å²) in [5, 5.41) is 7.65. The molecule has 108 valence electrons. The number of aromatic nitrogens is 1. The van der Waals surface area contributed by atoms with E-state index in [1.807, 2.05) is 6.20 Å². The van der Waals surface area contributed by atoms with Gasteiger partial charge in [0.1, 0.15) is 5.01 Å². The fourth-order valence-corrected chi connectivity index (χ4v) is 2.28. The maximum absolute atomic E-state index is 4.54. The van der Waals surface area contributed by atoms with Crippen molar-refractivity contribution >= 4 is 17.3 Å². The van der Waals surface area contributed by atoms with Crippen LogP contribution in [0.15, 0.2) is 11.2 Å². The van der Waals surface area contributed by atoms with Crippen LogP contribution in [0.3, 0.4) is 0 Å². The molecule has 0 amide bonds. The molecule has 0 aliphatic rings. The zero-order chi connectivity index (χ0) is 14.1. The quantitative estimate of drug-likeness (QED) is 0.452. The van der Waals surface area contributed by atoms with E-state index in [1.165, 1.54) is 4.88 Å². The minimum Gasteiger partial charge on any atom is -0.357 e. The average molecular weight is 283 g/mol. The number of rotatable bonds is 7. The van der Waals surface area contributed by atoms with Gasteiger partial charge in [-0.1, -0.05) is 0 Å². The molecule has 5 nitrogen and oxygen atoms in total. The predicted molar refractivity (Wildman–Crippen MR) is 82.8 cm³/mol. The molecule has 0 radical (unpaired) electrons. The first-order chi connectivity index (χ1) is 9.11. The molecule has 1 heterocycles. The Hall–Kier alpha value is -1.14. The monoisotopic (exact) mass is 283 g/mol. The van der Waals surface area contributed by atoms with Crippen molar-refractivity contribution < 1.29 is 0 Å². The number of thiazole rings is 1. The Bertz CT molecular complexity index is 386. The van der Waals surface area contributed by atoms with E-state index >= 15 is 0 Å². The van der Waals surface area contributed by atoms with Crippen molar-refractivity contribution in [3.8, 4) is 0 Å². The summed E-state index contributed by atoms with van der Waals surface area (Å²) in [5.41, 5.74) is 0. The third-order valence-electron chi connectivity index (χ3n) is 2.46. The second kappa shape index (κ2) is 8.87. The molecule has 0 aliphatic carbocycles. The van der Waals surface area contributed by atoms with Gasteiger partial charge in [0.05, 0.1) is 6.54 Å². The van der Waals surface area contributed by atoms with Crippen LogP contribution in [-0.2, 0) is 6.54 Å². The first-order valence-corrected chi connectivity index (χ1v) is 7.51. The smallest absolute Gasteiger partial charge is 0.191 e. The summed E-state index contributed by atoms with van der Waals surface area (Å²) in [4.78, 5) is 12.3. The molecule has 1 rings (SSSR count). The minimum absolute atomic E-state index is 0.640. The first kappa shape index (κ1) is 15.9. The maximum atomic E-state index is 4.54. The van der Waals surface area contributed by atoms with Crippen molar-refractivity contribution in [1.29, 1.82) is 0 Å². The zero-order valence-corrected chi connectivity index (χ0v) is 13.2. The molecular formula is C13H25N5S. The molecule has 0 unspecified atom stereocenters. The molecule has 0 saturated heterocycles. The molecule has 0 saturated carbocycles. The van der Waals surface area contributed by atoms with E-state index in [0.29, 0.717) is 6.54 Å². The van der Waals surface area contributed by atoms with Crippen LogP contribution in [0, 0.1) is 6.92 Å². The molecule has 2 N–H and O–H groups in total. The van der Waals surface area contributed by atoms with Crippen LogP contribution < -0.4 is 10.6 Å². The molecule has 0 aromatic carbocycles. The summed E-state index contributed by atoms with van der Waals surface area (Å²) in [5.74, 6) is 0.870. The van der Waals surface area contributed by atoms with Gasteiger partial charge in [0.15, 0.2) is 5.96 Å². The molecule has 0 aliphatic heterocycles. The van der Waals surface area contributed by atoms with Crippen LogP contribution in [0.1, 0.15) is 23.2 Å². The largest absolute Gasteiger partial charge is 0.357 e. The number of aryl methyl sites for hydroxylation is 1. The standard InChI is InChI=1S/C13H25N5S/c1-5-14-13(15-7-6-8-18(3)4)17-10-12-16-9-11(2)19-12/h9H,5-8,10H2,1-4H3,(H2,14,15,17). The van der Waals surface area contributed by atoms with Gasteiger partial charge in [-0.2, -0.15) is 0 Å². The van der Waals surface area contributed by atoms with E-state index in [1.54, 1.807) is 11.3 Å². The first-order valence-electron chi connectivity index (χ1n) is 6.70. The Balaban J connectivity index is 2.37. The fraction of sp³-hybridized carbons (Fsp3) is 0.692. The van der Waals surface area contributed by atoms with Gasteiger partial charge >= 0.3 is 0 Å². The zero-order valence-electron chi connectivity index (χ0n) is 12.4. The molecule has 0 fully saturated rings. The van der Waals surface area contributed by atoms with Gasteiger partial charge in [-0.05, 0) is 40.9 Å². The van der Waals surface area contributed by atoms with Crippen molar-refractivity contribution in [2.45, 2.75) is 26.8 Å². The lowest BCUT2D eigenvalue weighted by Crippen LogP contribution is -2.38. The Morgan fingerprint density at radius 3 is 2.79 bits per heavy atom. The Morgan fingerprint density at radius 2 is 2.21 bits per heavy atom. The Morgan fingerprint density at radius 1 is 1.42 bits per heavy atom. The van der Waals surface area contributed by atoms with Crippen LogP contribution in [0.5, 0.6) is 0 Å². The predicted octanol–water partition coefficient (Wildman–Crippen LogP) is 1.46. The fourth-order valence-electron chi connectivity index (χ4n) is 1.57. The molecule has 19 heavy (non-hydrogen) atoms. The number of hydrogen-bond donors (Lipinski definition) is 2. The maximum Gasteiger partial charge on any atom is 0.191 e. The third kappa shape index (κ3) is 7.12. The third-order valence-corrected chi connectivity index (χ3v) is 3.36. The van der Waals surface area contributed by atoms with Gasteiger partial charge < -0.3 is 15.5 Å². The lowest BCUT2D eigenvalue weighted by atomic mass is 10.4. The number of aliphatic imine (C=N–C) groups is 1. The number of hydrogen-bond acceptors (Lipinski definition) is 4. The Labute approximate surface area is 120 Å². The van der Waals surface area contributed by atoms with Crippen molar-refractivity contribution in [2.75, 3.05) is 33.7 Å².